The number of nitrogens with two attached hydrogens (primary N) is 1. The average Bonchev–Trinajstić information content (AvgIpc) is 2.83. The van der Waals surface area contributed by atoms with Gasteiger partial charge in [0.25, 0.3) is 0 Å². The predicted molar refractivity (Wildman–Crippen MR) is 79.4 cm³/mol. The number of hydrogen-bond acceptors (Lipinski definition) is 3. The fourth-order valence-electron chi connectivity index (χ4n) is 2.10. The summed E-state index contributed by atoms with van der Waals surface area (Å²) in [4.78, 5) is 0. The first-order valence-electron chi connectivity index (χ1n) is 6.03. The lowest BCUT2D eigenvalue weighted by molar-refractivity contribution is 0.439. The van der Waals surface area contributed by atoms with E-state index in [1.165, 1.54) is 18.2 Å². The molecule has 3 nitrogen and oxygen atoms in total. The second kappa shape index (κ2) is 5.29. The molecular formula is C15H9BrF2N2O. The summed E-state index contributed by atoms with van der Waals surface area (Å²) in [6.45, 7) is 0. The van der Waals surface area contributed by atoms with Crippen molar-refractivity contribution in [2.45, 2.75) is 0 Å². The van der Waals surface area contributed by atoms with Crippen LogP contribution in [-0.2, 0) is 0 Å². The Hall–Kier alpha value is -2.21. The van der Waals surface area contributed by atoms with E-state index in [2.05, 4.69) is 21.1 Å². The van der Waals surface area contributed by atoms with Gasteiger partial charge in [-0.15, -0.1) is 0 Å². The minimum atomic E-state index is -0.431. The lowest BCUT2D eigenvalue weighted by Gasteiger charge is -2.05. The normalized spacial score (nSPS) is 10.8. The molecule has 106 valence electrons. The molecule has 0 amide bonds. The number of benzene rings is 2. The van der Waals surface area contributed by atoms with Crippen molar-refractivity contribution < 1.29 is 13.3 Å². The maximum absolute atomic E-state index is 13.7. The van der Waals surface area contributed by atoms with Gasteiger partial charge in [0.2, 0.25) is 5.88 Å². The first kappa shape index (κ1) is 13.8. The zero-order valence-electron chi connectivity index (χ0n) is 10.6. The lowest BCUT2D eigenvalue weighted by Crippen LogP contribution is -1.90. The molecule has 0 fully saturated rings. The van der Waals surface area contributed by atoms with Crippen molar-refractivity contribution >= 4 is 21.8 Å². The van der Waals surface area contributed by atoms with Gasteiger partial charge in [-0.3, -0.25) is 0 Å². The van der Waals surface area contributed by atoms with Gasteiger partial charge in [-0.1, -0.05) is 29.4 Å². The second-order valence-corrected chi connectivity index (χ2v) is 5.18. The standard InChI is InChI=1S/C15H9BrF2N2O/c16-13-10(5-2-6-11(13)18)14-12(15(19)21-20-14)8-3-1-4-9(17)7-8/h1-7H,19H2. The van der Waals surface area contributed by atoms with Gasteiger partial charge in [0, 0.05) is 5.56 Å². The van der Waals surface area contributed by atoms with Gasteiger partial charge in [-0.25, -0.2) is 8.78 Å². The number of anilines is 1. The van der Waals surface area contributed by atoms with Gasteiger partial charge in [0.05, 0.1) is 10.0 Å². The van der Waals surface area contributed by atoms with Crippen LogP contribution in [0.25, 0.3) is 22.4 Å². The molecule has 6 heteroatoms. The Morgan fingerprint density at radius 2 is 1.86 bits per heavy atom. The van der Waals surface area contributed by atoms with Crippen LogP contribution in [0.5, 0.6) is 0 Å². The van der Waals surface area contributed by atoms with Gasteiger partial charge in [0.15, 0.2) is 0 Å². The van der Waals surface area contributed by atoms with Crippen molar-refractivity contribution in [3.8, 4) is 22.4 Å². The minimum absolute atomic E-state index is 0.0479. The second-order valence-electron chi connectivity index (χ2n) is 4.38. The van der Waals surface area contributed by atoms with Gasteiger partial charge in [-0.2, -0.15) is 0 Å². The molecule has 3 aromatic rings. The molecule has 0 aliphatic carbocycles. The zero-order chi connectivity index (χ0) is 15.0. The summed E-state index contributed by atoms with van der Waals surface area (Å²) in [5.74, 6) is -0.789. The van der Waals surface area contributed by atoms with E-state index in [1.54, 1.807) is 24.3 Å². The molecular weight excluding hydrogens is 342 g/mol. The van der Waals surface area contributed by atoms with Crippen LogP contribution < -0.4 is 5.73 Å². The molecule has 0 saturated carbocycles. The minimum Gasteiger partial charge on any atom is -0.367 e. The van der Waals surface area contributed by atoms with Crippen LogP contribution >= 0.6 is 15.9 Å². The predicted octanol–water partition coefficient (Wildman–Crippen LogP) is 4.63. The van der Waals surface area contributed by atoms with Crippen molar-refractivity contribution in [2.75, 3.05) is 5.73 Å². The molecule has 1 aromatic heterocycles. The quantitative estimate of drug-likeness (QED) is 0.732. The Morgan fingerprint density at radius 3 is 2.62 bits per heavy atom. The third kappa shape index (κ3) is 2.42. The molecule has 0 atom stereocenters. The fraction of sp³-hybridized carbons (Fsp3) is 0. The van der Waals surface area contributed by atoms with Crippen molar-refractivity contribution in [3.63, 3.8) is 0 Å². The smallest absolute Gasteiger partial charge is 0.230 e. The maximum Gasteiger partial charge on any atom is 0.230 e. The topological polar surface area (TPSA) is 52.0 Å². The summed E-state index contributed by atoms with van der Waals surface area (Å²) in [6.07, 6.45) is 0. The Bertz CT molecular complexity index is 817. The monoisotopic (exact) mass is 350 g/mol. The summed E-state index contributed by atoms with van der Waals surface area (Å²) < 4.78 is 32.3. The van der Waals surface area contributed by atoms with E-state index in [0.29, 0.717) is 22.4 Å². The van der Waals surface area contributed by atoms with Crippen LogP contribution in [0.3, 0.4) is 0 Å². The molecule has 0 saturated heterocycles. The molecule has 1 heterocycles. The maximum atomic E-state index is 13.7. The average molecular weight is 351 g/mol. The summed E-state index contributed by atoms with van der Waals surface area (Å²) in [5, 5.41) is 3.87. The SMILES string of the molecule is Nc1onc(-c2cccc(F)c2Br)c1-c1cccc(F)c1. The van der Waals surface area contributed by atoms with E-state index >= 15 is 0 Å². The zero-order valence-corrected chi connectivity index (χ0v) is 12.2. The number of aromatic nitrogens is 1. The van der Waals surface area contributed by atoms with E-state index in [1.807, 2.05) is 0 Å². The summed E-state index contributed by atoms with van der Waals surface area (Å²) in [7, 11) is 0. The lowest BCUT2D eigenvalue weighted by atomic mass is 10.0. The highest BCUT2D eigenvalue weighted by Gasteiger charge is 2.20. The van der Waals surface area contributed by atoms with E-state index in [4.69, 9.17) is 10.3 Å². The van der Waals surface area contributed by atoms with E-state index in [-0.39, 0.29) is 10.4 Å². The van der Waals surface area contributed by atoms with Gasteiger partial charge >= 0.3 is 0 Å². The van der Waals surface area contributed by atoms with Crippen LogP contribution in [0.2, 0.25) is 0 Å². The fourth-order valence-corrected chi connectivity index (χ4v) is 2.55. The molecule has 0 unspecified atom stereocenters. The number of hydrogen-bond donors (Lipinski definition) is 1. The van der Waals surface area contributed by atoms with Gasteiger partial charge in [0.1, 0.15) is 17.3 Å². The highest BCUT2D eigenvalue weighted by Crippen LogP contribution is 2.39. The summed E-state index contributed by atoms with van der Waals surface area (Å²) in [6, 6.07) is 10.4. The highest BCUT2D eigenvalue weighted by atomic mass is 79.9. The number of halogens is 3. The van der Waals surface area contributed by atoms with Crippen molar-refractivity contribution in [1.82, 2.24) is 5.16 Å². The van der Waals surface area contributed by atoms with Gasteiger partial charge in [-0.05, 0) is 39.7 Å². The first-order chi connectivity index (χ1) is 10.1. The van der Waals surface area contributed by atoms with Crippen LogP contribution in [0.15, 0.2) is 51.5 Å². The Labute approximate surface area is 127 Å². The molecule has 21 heavy (non-hydrogen) atoms. The van der Waals surface area contributed by atoms with Crippen LogP contribution in [0.1, 0.15) is 0 Å². The Balaban J connectivity index is 2.24. The van der Waals surface area contributed by atoms with Crippen LogP contribution in [0, 0.1) is 11.6 Å². The third-order valence-corrected chi connectivity index (χ3v) is 3.84. The van der Waals surface area contributed by atoms with Crippen LogP contribution in [0.4, 0.5) is 14.7 Å². The summed E-state index contributed by atoms with van der Waals surface area (Å²) >= 11 is 3.18. The molecule has 0 spiro atoms. The third-order valence-electron chi connectivity index (χ3n) is 3.04. The Kier molecular flexibility index (Phi) is 3.47. The van der Waals surface area contributed by atoms with Crippen LogP contribution in [-0.4, -0.2) is 5.16 Å². The molecule has 0 bridgehead atoms. The highest BCUT2D eigenvalue weighted by molar-refractivity contribution is 9.10. The van der Waals surface area contributed by atoms with Crippen molar-refractivity contribution in [3.05, 3.63) is 58.6 Å². The molecule has 3 rings (SSSR count). The number of rotatable bonds is 2. The summed E-state index contributed by atoms with van der Waals surface area (Å²) in [5.41, 5.74) is 7.57. The molecule has 2 aromatic carbocycles. The molecule has 0 aliphatic rings. The largest absolute Gasteiger partial charge is 0.367 e. The molecule has 2 N–H and O–H groups in total. The molecule has 0 radical (unpaired) electrons. The van der Waals surface area contributed by atoms with Crippen molar-refractivity contribution in [1.29, 1.82) is 0 Å². The van der Waals surface area contributed by atoms with Crippen molar-refractivity contribution in [2.24, 2.45) is 0 Å². The van der Waals surface area contributed by atoms with E-state index in [9.17, 15) is 8.78 Å². The van der Waals surface area contributed by atoms with E-state index in [0.717, 1.165) is 0 Å². The Morgan fingerprint density at radius 1 is 1.10 bits per heavy atom. The van der Waals surface area contributed by atoms with E-state index < -0.39 is 11.6 Å². The molecule has 0 aliphatic heterocycles. The van der Waals surface area contributed by atoms with Gasteiger partial charge < -0.3 is 10.3 Å². The number of nitrogens with zero attached hydrogens (tertiary/aromatic N) is 1. The number of nitrogen functional groups attached to an aromatic ring is 1. The first-order valence-corrected chi connectivity index (χ1v) is 6.82.